The molecule has 4 aromatic rings. The first-order valence-electron chi connectivity index (χ1n) is 8.21. The van der Waals surface area contributed by atoms with Crippen LogP contribution < -0.4 is 5.32 Å². The molecule has 0 aliphatic heterocycles. The van der Waals surface area contributed by atoms with Crippen LogP contribution in [0.15, 0.2) is 59.0 Å². The summed E-state index contributed by atoms with van der Waals surface area (Å²) in [5.41, 5.74) is 4.00. The zero-order valence-electron chi connectivity index (χ0n) is 13.8. The predicted molar refractivity (Wildman–Crippen MR) is 100 cm³/mol. The molecule has 126 valence electrons. The number of carbonyl (C=O) groups excluding carboxylic acids is 1. The number of nitrogens with one attached hydrogen (secondary N) is 1. The van der Waals surface area contributed by atoms with Crippen molar-refractivity contribution in [3.8, 4) is 0 Å². The third-order valence-corrected chi connectivity index (χ3v) is 4.74. The zero-order chi connectivity index (χ0) is 17.4. The highest BCUT2D eigenvalue weighted by molar-refractivity contribution is 6.31. The van der Waals surface area contributed by atoms with Crippen LogP contribution in [-0.4, -0.2) is 10.5 Å². The summed E-state index contributed by atoms with van der Waals surface area (Å²) < 4.78 is 7.87. The molecule has 5 heteroatoms. The van der Waals surface area contributed by atoms with Gasteiger partial charge in [0.15, 0.2) is 5.58 Å². The number of carbonyl (C=O) groups is 1. The Morgan fingerprint density at radius 1 is 1.12 bits per heavy atom. The molecule has 25 heavy (non-hydrogen) atoms. The summed E-state index contributed by atoms with van der Waals surface area (Å²) >= 11 is 6.15. The van der Waals surface area contributed by atoms with E-state index in [0.29, 0.717) is 23.8 Å². The van der Waals surface area contributed by atoms with E-state index in [4.69, 9.17) is 16.0 Å². The summed E-state index contributed by atoms with van der Waals surface area (Å²) in [4.78, 5) is 12.7. The van der Waals surface area contributed by atoms with Crippen LogP contribution in [0.3, 0.4) is 0 Å². The van der Waals surface area contributed by atoms with Crippen LogP contribution in [0.4, 0.5) is 0 Å². The van der Waals surface area contributed by atoms with Crippen molar-refractivity contribution in [2.75, 3.05) is 0 Å². The largest absolute Gasteiger partial charge is 0.454 e. The molecule has 1 N–H and O–H groups in total. The maximum atomic E-state index is 12.7. The summed E-state index contributed by atoms with van der Waals surface area (Å²) in [5, 5.41) is 4.61. The van der Waals surface area contributed by atoms with E-state index in [1.165, 1.54) is 0 Å². The SMILES string of the molecule is CCn1c(C(=O)NCc2ccccc2Cl)cc2oc3ccccc3c21. The maximum absolute atomic E-state index is 12.7. The van der Waals surface area contributed by atoms with Gasteiger partial charge in [-0.2, -0.15) is 0 Å². The Balaban J connectivity index is 1.68. The second kappa shape index (κ2) is 6.30. The van der Waals surface area contributed by atoms with E-state index in [9.17, 15) is 4.79 Å². The van der Waals surface area contributed by atoms with Crippen molar-refractivity contribution in [3.63, 3.8) is 0 Å². The number of fused-ring (bicyclic) bond motifs is 3. The lowest BCUT2D eigenvalue weighted by molar-refractivity contribution is 0.0942. The Morgan fingerprint density at radius 3 is 2.68 bits per heavy atom. The van der Waals surface area contributed by atoms with Crippen molar-refractivity contribution in [2.45, 2.75) is 20.0 Å². The number of aromatic nitrogens is 1. The quantitative estimate of drug-likeness (QED) is 0.562. The standard InChI is InChI=1S/C20H17ClN2O2/c1-2-23-16(20(24)22-12-13-7-3-5-9-15(13)21)11-18-19(23)14-8-4-6-10-17(14)25-18/h3-11H,2,12H2,1H3,(H,22,24). The average Bonchev–Trinajstić information content (AvgIpc) is 3.16. The molecule has 0 fully saturated rings. The van der Waals surface area contributed by atoms with E-state index in [-0.39, 0.29) is 5.91 Å². The molecule has 2 aromatic heterocycles. The third-order valence-electron chi connectivity index (χ3n) is 4.37. The van der Waals surface area contributed by atoms with Crippen LogP contribution in [-0.2, 0) is 13.1 Å². The molecule has 0 radical (unpaired) electrons. The van der Waals surface area contributed by atoms with E-state index in [2.05, 4.69) is 5.32 Å². The van der Waals surface area contributed by atoms with Crippen molar-refractivity contribution in [2.24, 2.45) is 0 Å². The number of hydrogen-bond donors (Lipinski definition) is 1. The minimum atomic E-state index is -0.141. The van der Waals surface area contributed by atoms with Gasteiger partial charge in [0.1, 0.15) is 11.3 Å². The lowest BCUT2D eigenvalue weighted by Gasteiger charge is -2.09. The zero-order valence-corrected chi connectivity index (χ0v) is 14.5. The minimum Gasteiger partial charge on any atom is -0.454 e. The smallest absolute Gasteiger partial charge is 0.268 e. The predicted octanol–water partition coefficient (Wildman–Crippen LogP) is 4.99. The topological polar surface area (TPSA) is 47.2 Å². The number of nitrogens with zero attached hydrogens (tertiary/aromatic N) is 1. The fourth-order valence-corrected chi connectivity index (χ4v) is 3.38. The van der Waals surface area contributed by atoms with Gasteiger partial charge in [-0.1, -0.05) is 41.9 Å². The van der Waals surface area contributed by atoms with Crippen molar-refractivity contribution in [1.82, 2.24) is 9.88 Å². The number of amides is 1. The molecule has 1 amide bonds. The number of para-hydroxylation sites is 1. The van der Waals surface area contributed by atoms with Crippen LogP contribution in [0.2, 0.25) is 5.02 Å². The normalized spacial score (nSPS) is 11.3. The van der Waals surface area contributed by atoms with E-state index in [1.807, 2.05) is 60.0 Å². The van der Waals surface area contributed by atoms with Crippen LogP contribution in [0.1, 0.15) is 23.0 Å². The highest BCUT2D eigenvalue weighted by Crippen LogP contribution is 2.31. The molecule has 2 aromatic carbocycles. The van der Waals surface area contributed by atoms with Gasteiger partial charge in [-0.25, -0.2) is 0 Å². The summed E-state index contributed by atoms with van der Waals surface area (Å²) in [6.07, 6.45) is 0. The molecule has 0 aliphatic rings. The highest BCUT2D eigenvalue weighted by Gasteiger charge is 2.19. The second-order valence-electron chi connectivity index (χ2n) is 5.86. The highest BCUT2D eigenvalue weighted by atomic mass is 35.5. The van der Waals surface area contributed by atoms with Crippen LogP contribution in [0.25, 0.3) is 22.1 Å². The molecule has 4 rings (SSSR count). The summed E-state index contributed by atoms with van der Waals surface area (Å²) in [7, 11) is 0. The first-order chi connectivity index (χ1) is 12.2. The van der Waals surface area contributed by atoms with Gasteiger partial charge < -0.3 is 14.3 Å². The molecular weight excluding hydrogens is 336 g/mol. The Kier molecular flexibility index (Phi) is 3.98. The number of furan rings is 1. The number of halogens is 1. The van der Waals surface area contributed by atoms with Crippen LogP contribution in [0.5, 0.6) is 0 Å². The molecule has 0 spiro atoms. The van der Waals surface area contributed by atoms with Gasteiger partial charge in [-0.15, -0.1) is 0 Å². The fraction of sp³-hybridized carbons (Fsp3) is 0.150. The van der Waals surface area contributed by atoms with E-state index < -0.39 is 0 Å². The van der Waals surface area contributed by atoms with Crippen LogP contribution >= 0.6 is 11.6 Å². The number of hydrogen-bond acceptors (Lipinski definition) is 2. The maximum Gasteiger partial charge on any atom is 0.268 e. The fourth-order valence-electron chi connectivity index (χ4n) is 3.17. The minimum absolute atomic E-state index is 0.141. The van der Waals surface area contributed by atoms with Crippen molar-refractivity contribution >= 4 is 39.6 Å². The molecule has 0 saturated heterocycles. The van der Waals surface area contributed by atoms with Gasteiger partial charge >= 0.3 is 0 Å². The van der Waals surface area contributed by atoms with Gasteiger partial charge in [-0.05, 0) is 30.7 Å². The molecular formula is C20H17ClN2O2. The summed E-state index contributed by atoms with van der Waals surface area (Å²) in [6, 6.07) is 17.2. The van der Waals surface area contributed by atoms with E-state index in [1.54, 1.807) is 6.07 Å². The van der Waals surface area contributed by atoms with Gasteiger partial charge in [-0.3, -0.25) is 4.79 Å². The molecule has 0 atom stereocenters. The third kappa shape index (κ3) is 2.68. The van der Waals surface area contributed by atoms with Gasteiger partial charge in [0.2, 0.25) is 0 Å². The first-order valence-corrected chi connectivity index (χ1v) is 8.59. The summed E-state index contributed by atoms with van der Waals surface area (Å²) in [5.74, 6) is -0.141. The van der Waals surface area contributed by atoms with Gasteiger partial charge in [0.25, 0.3) is 5.91 Å². The molecule has 0 unspecified atom stereocenters. The summed E-state index contributed by atoms with van der Waals surface area (Å²) in [6.45, 7) is 3.09. The number of benzene rings is 2. The molecule has 4 nitrogen and oxygen atoms in total. The van der Waals surface area contributed by atoms with Crippen molar-refractivity contribution in [3.05, 3.63) is 70.9 Å². The number of rotatable bonds is 4. The molecule has 0 bridgehead atoms. The molecule has 2 heterocycles. The Labute approximate surface area is 150 Å². The lowest BCUT2D eigenvalue weighted by Crippen LogP contribution is -2.25. The average molecular weight is 353 g/mol. The van der Waals surface area contributed by atoms with Crippen LogP contribution in [0, 0.1) is 0 Å². The molecule has 0 saturated carbocycles. The van der Waals surface area contributed by atoms with E-state index in [0.717, 1.165) is 27.6 Å². The van der Waals surface area contributed by atoms with Gasteiger partial charge in [0, 0.05) is 29.6 Å². The Morgan fingerprint density at radius 2 is 1.88 bits per heavy atom. The number of aryl methyl sites for hydroxylation is 1. The van der Waals surface area contributed by atoms with E-state index >= 15 is 0 Å². The first kappa shape index (κ1) is 15.8. The second-order valence-corrected chi connectivity index (χ2v) is 6.27. The van der Waals surface area contributed by atoms with Crippen molar-refractivity contribution < 1.29 is 9.21 Å². The Bertz CT molecular complexity index is 1080. The lowest BCUT2D eigenvalue weighted by atomic mass is 10.2. The monoisotopic (exact) mass is 352 g/mol. The van der Waals surface area contributed by atoms with Gasteiger partial charge in [0.05, 0.1) is 5.52 Å². The Hall–Kier alpha value is -2.72. The molecule has 0 aliphatic carbocycles. The van der Waals surface area contributed by atoms with Crippen molar-refractivity contribution in [1.29, 1.82) is 0 Å².